The second kappa shape index (κ2) is 3.99. The van der Waals surface area contributed by atoms with Crippen molar-refractivity contribution in [2.75, 3.05) is 0 Å². The summed E-state index contributed by atoms with van der Waals surface area (Å²) in [5.74, 6) is -0.619. The summed E-state index contributed by atoms with van der Waals surface area (Å²) in [6.45, 7) is 5.50. The Morgan fingerprint density at radius 2 is 2.10 bits per heavy atom. The van der Waals surface area contributed by atoms with E-state index in [0.717, 1.165) is 0 Å². The third-order valence-electron chi connectivity index (χ3n) is 3.69. The van der Waals surface area contributed by atoms with E-state index in [4.69, 9.17) is 14.3 Å². The molecule has 0 bridgehead atoms. The summed E-state index contributed by atoms with van der Waals surface area (Å²) in [5, 5.41) is 20.2. The molecule has 0 spiro atoms. The van der Waals surface area contributed by atoms with Crippen LogP contribution in [0.25, 0.3) is 11.0 Å². The molecule has 2 heterocycles. The lowest BCUT2D eigenvalue weighted by Crippen LogP contribution is -2.34. The van der Waals surface area contributed by atoms with E-state index in [1.807, 2.05) is 13.8 Å². The van der Waals surface area contributed by atoms with Gasteiger partial charge in [-0.05, 0) is 32.9 Å². The SMILES string of the molecule is Cc1c(C(=O)O)oc2ccc3c(c12)[C@H](O)CC(C)(C)O3. The summed E-state index contributed by atoms with van der Waals surface area (Å²) >= 11 is 0. The Morgan fingerprint density at radius 3 is 2.75 bits per heavy atom. The predicted octanol–water partition coefficient (Wildman–Crippen LogP) is 3.03. The Labute approximate surface area is 115 Å². The smallest absolute Gasteiger partial charge is 0.372 e. The van der Waals surface area contributed by atoms with E-state index in [1.165, 1.54) is 0 Å². The molecule has 1 aromatic heterocycles. The zero-order valence-corrected chi connectivity index (χ0v) is 11.6. The van der Waals surface area contributed by atoms with Crippen LogP contribution >= 0.6 is 0 Å². The first-order valence-electron chi connectivity index (χ1n) is 6.46. The van der Waals surface area contributed by atoms with Crippen molar-refractivity contribution in [3.8, 4) is 5.75 Å². The second-order valence-corrected chi connectivity index (χ2v) is 5.79. The zero-order chi connectivity index (χ0) is 14.7. The Bertz CT molecular complexity index is 711. The summed E-state index contributed by atoms with van der Waals surface area (Å²) < 4.78 is 11.2. The first-order valence-corrected chi connectivity index (χ1v) is 6.46. The number of hydrogen-bond acceptors (Lipinski definition) is 4. The van der Waals surface area contributed by atoms with Crippen LogP contribution in [0, 0.1) is 6.92 Å². The fraction of sp³-hybridized carbons (Fsp3) is 0.400. The fourth-order valence-electron chi connectivity index (χ4n) is 2.88. The van der Waals surface area contributed by atoms with Gasteiger partial charge in [-0.3, -0.25) is 0 Å². The van der Waals surface area contributed by atoms with Gasteiger partial charge in [0.2, 0.25) is 5.76 Å². The minimum Gasteiger partial charge on any atom is -0.487 e. The summed E-state index contributed by atoms with van der Waals surface area (Å²) in [5.41, 5.74) is 1.15. The summed E-state index contributed by atoms with van der Waals surface area (Å²) in [4.78, 5) is 11.2. The van der Waals surface area contributed by atoms with E-state index < -0.39 is 17.7 Å². The van der Waals surface area contributed by atoms with Crippen LogP contribution in [0.4, 0.5) is 0 Å². The van der Waals surface area contributed by atoms with Crippen molar-refractivity contribution < 1.29 is 24.2 Å². The van der Waals surface area contributed by atoms with Crippen LogP contribution in [0.2, 0.25) is 0 Å². The minimum absolute atomic E-state index is 0.0922. The Balaban J connectivity index is 2.31. The number of carboxylic acid groups (broad SMARTS) is 1. The molecule has 2 aromatic rings. The molecular formula is C15H16O5. The van der Waals surface area contributed by atoms with Crippen molar-refractivity contribution in [1.29, 1.82) is 0 Å². The number of rotatable bonds is 1. The number of furan rings is 1. The molecule has 5 nitrogen and oxygen atoms in total. The van der Waals surface area contributed by atoms with Crippen molar-refractivity contribution in [3.63, 3.8) is 0 Å². The number of hydrogen-bond donors (Lipinski definition) is 2. The molecule has 20 heavy (non-hydrogen) atoms. The molecule has 0 radical (unpaired) electrons. The maximum Gasteiger partial charge on any atom is 0.372 e. The van der Waals surface area contributed by atoms with E-state index >= 15 is 0 Å². The number of benzene rings is 1. The Hall–Kier alpha value is -2.01. The zero-order valence-electron chi connectivity index (χ0n) is 11.6. The number of aryl methyl sites for hydroxylation is 1. The molecular weight excluding hydrogens is 260 g/mol. The van der Waals surface area contributed by atoms with Gasteiger partial charge < -0.3 is 19.4 Å². The van der Waals surface area contributed by atoms with Gasteiger partial charge in [0.15, 0.2) is 0 Å². The average molecular weight is 276 g/mol. The maximum absolute atomic E-state index is 11.2. The van der Waals surface area contributed by atoms with Crippen LogP contribution in [0.5, 0.6) is 5.75 Å². The molecule has 0 aliphatic carbocycles. The largest absolute Gasteiger partial charge is 0.487 e. The van der Waals surface area contributed by atoms with Gasteiger partial charge in [0.05, 0.1) is 6.10 Å². The minimum atomic E-state index is -1.11. The van der Waals surface area contributed by atoms with E-state index in [2.05, 4.69) is 0 Å². The number of carboxylic acids is 1. The normalized spacial score (nSPS) is 20.5. The maximum atomic E-state index is 11.2. The van der Waals surface area contributed by atoms with Crippen LogP contribution in [0.3, 0.4) is 0 Å². The number of aromatic carboxylic acids is 1. The highest BCUT2D eigenvalue weighted by molar-refractivity contribution is 5.97. The van der Waals surface area contributed by atoms with Gasteiger partial charge in [0.25, 0.3) is 0 Å². The predicted molar refractivity (Wildman–Crippen MR) is 72.2 cm³/mol. The van der Waals surface area contributed by atoms with Gasteiger partial charge in [-0.1, -0.05) is 0 Å². The van der Waals surface area contributed by atoms with Crippen LogP contribution in [0.15, 0.2) is 16.5 Å². The Kier molecular flexibility index (Phi) is 2.59. The highest BCUT2D eigenvalue weighted by Crippen LogP contribution is 2.45. The fourth-order valence-corrected chi connectivity index (χ4v) is 2.88. The van der Waals surface area contributed by atoms with Crippen LogP contribution in [-0.4, -0.2) is 21.8 Å². The van der Waals surface area contributed by atoms with Gasteiger partial charge >= 0.3 is 5.97 Å². The monoisotopic (exact) mass is 276 g/mol. The summed E-state index contributed by atoms with van der Waals surface area (Å²) in [7, 11) is 0. The molecule has 1 aliphatic rings. The number of ether oxygens (including phenoxy) is 1. The highest BCUT2D eigenvalue weighted by atomic mass is 16.5. The van der Waals surface area contributed by atoms with E-state index in [0.29, 0.717) is 34.3 Å². The molecule has 0 amide bonds. The number of fused-ring (bicyclic) bond motifs is 3. The first-order chi connectivity index (χ1) is 9.30. The van der Waals surface area contributed by atoms with Gasteiger partial charge in [-0.15, -0.1) is 0 Å². The lowest BCUT2D eigenvalue weighted by atomic mass is 9.89. The summed E-state index contributed by atoms with van der Waals surface area (Å²) in [6, 6.07) is 3.40. The van der Waals surface area contributed by atoms with Crippen molar-refractivity contribution in [3.05, 3.63) is 29.0 Å². The number of aliphatic hydroxyl groups excluding tert-OH is 1. The van der Waals surface area contributed by atoms with Crippen molar-refractivity contribution in [2.24, 2.45) is 0 Å². The molecule has 3 rings (SSSR count). The summed E-state index contributed by atoms with van der Waals surface area (Å²) in [6.07, 6.45) is -0.248. The number of aliphatic hydroxyl groups is 1. The van der Waals surface area contributed by atoms with Crippen molar-refractivity contribution in [2.45, 2.75) is 38.9 Å². The molecule has 1 aromatic carbocycles. The average Bonchev–Trinajstić information content (AvgIpc) is 2.65. The van der Waals surface area contributed by atoms with Crippen molar-refractivity contribution in [1.82, 2.24) is 0 Å². The topological polar surface area (TPSA) is 79.9 Å². The highest BCUT2D eigenvalue weighted by Gasteiger charge is 2.35. The third-order valence-corrected chi connectivity index (χ3v) is 3.69. The molecule has 0 unspecified atom stereocenters. The lowest BCUT2D eigenvalue weighted by Gasteiger charge is -2.35. The third kappa shape index (κ3) is 1.78. The van der Waals surface area contributed by atoms with E-state index in [9.17, 15) is 9.90 Å². The van der Waals surface area contributed by atoms with Gasteiger partial charge in [-0.25, -0.2) is 4.79 Å². The van der Waals surface area contributed by atoms with E-state index in [1.54, 1.807) is 19.1 Å². The molecule has 0 saturated carbocycles. The molecule has 0 fully saturated rings. The van der Waals surface area contributed by atoms with E-state index in [-0.39, 0.29) is 5.76 Å². The molecule has 1 atom stereocenters. The molecule has 2 N–H and O–H groups in total. The van der Waals surface area contributed by atoms with Crippen LogP contribution < -0.4 is 4.74 Å². The quantitative estimate of drug-likeness (QED) is 0.836. The standard InChI is InChI=1S/C15H16O5/c1-7-11-9(19-13(7)14(17)18)4-5-10-12(11)8(16)6-15(2,3)20-10/h4-5,8,16H,6H2,1-3H3,(H,17,18)/t8-/m1/s1. The van der Waals surface area contributed by atoms with Gasteiger partial charge in [-0.2, -0.15) is 0 Å². The van der Waals surface area contributed by atoms with Gasteiger partial charge in [0, 0.05) is 22.9 Å². The number of carbonyl (C=O) groups is 1. The molecule has 106 valence electrons. The van der Waals surface area contributed by atoms with Crippen LogP contribution in [0.1, 0.15) is 48.1 Å². The van der Waals surface area contributed by atoms with Crippen molar-refractivity contribution >= 4 is 16.9 Å². The molecule has 1 aliphatic heterocycles. The second-order valence-electron chi connectivity index (χ2n) is 5.79. The first kappa shape index (κ1) is 13.0. The van der Waals surface area contributed by atoms with Crippen LogP contribution in [-0.2, 0) is 0 Å². The molecule has 0 saturated heterocycles. The lowest BCUT2D eigenvalue weighted by molar-refractivity contribution is 0.0126. The Morgan fingerprint density at radius 1 is 1.40 bits per heavy atom. The van der Waals surface area contributed by atoms with Gasteiger partial charge in [0.1, 0.15) is 16.9 Å². The molecule has 5 heteroatoms.